The summed E-state index contributed by atoms with van der Waals surface area (Å²) < 4.78 is 7.19. The molecule has 3 heterocycles. The van der Waals surface area contributed by atoms with Crippen LogP contribution in [0.15, 0.2) is 42.9 Å². The first-order valence-corrected chi connectivity index (χ1v) is 8.61. The number of imidazole rings is 1. The van der Waals surface area contributed by atoms with Crippen molar-refractivity contribution in [1.82, 2.24) is 24.8 Å². The molecule has 0 unspecified atom stereocenters. The molecule has 1 aliphatic heterocycles. The number of carbonyl (C=O) groups excluding carboxylic acids is 1. The zero-order valence-corrected chi connectivity index (χ0v) is 14.3. The van der Waals surface area contributed by atoms with Crippen molar-refractivity contribution in [2.75, 3.05) is 31.2 Å². The quantitative estimate of drug-likeness (QED) is 0.737. The van der Waals surface area contributed by atoms with Gasteiger partial charge in [-0.05, 0) is 18.2 Å². The number of anilines is 1. The molecule has 0 atom stereocenters. The normalized spacial score (nSPS) is 14.5. The number of ether oxygens (including phenoxy) is 1. The molecule has 0 aliphatic carbocycles. The second-order valence-corrected chi connectivity index (χ2v) is 6.07. The minimum atomic E-state index is -0.103. The summed E-state index contributed by atoms with van der Waals surface area (Å²) in [5.74, 6) is 1.36. The summed E-state index contributed by atoms with van der Waals surface area (Å²) in [4.78, 5) is 27.5. The Labute approximate surface area is 150 Å². The Hall–Kier alpha value is -3.00. The highest BCUT2D eigenvalue weighted by atomic mass is 16.5. The SMILES string of the molecule is O=C(Cn1cnc2ccccc21)NCc1nccc(N2CCOCC2)n1. The van der Waals surface area contributed by atoms with Crippen LogP contribution in [-0.4, -0.2) is 51.7 Å². The Morgan fingerprint density at radius 2 is 2.00 bits per heavy atom. The number of hydrogen-bond donors (Lipinski definition) is 1. The van der Waals surface area contributed by atoms with Crippen LogP contribution in [0.5, 0.6) is 0 Å². The van der Waals surface area contributed by atoms with Gasteiger partial charge in [0, 0.05) is 19.3 Å². The topological polar surface area (TPSA) is 85.2 Å². The lowest BCUT2D eigenvalue weighted by Crippen LogP contribution is -2.37. The van der Waals surface area contributed by atoms with E-state index in [-0.39, 0.29) is 12.5 Å². The van der Waals surface area contributed by atoms with Crippen LogP contribution in [0.25, 0.3) is 11.0 Å². The molecule has 1 amide bonds. The lowest BCUT2D eigenvalue weighted by molar-refractivity contribution is -0.121. The minimum Gasteiger partial charge on any atom is -0.378 e. The maximum atomic E-state index is 12.3. The monoisotopic (exact) mass is 352 g/mol. The number of amides is 1. The Bertz CT molecular complexity index is 903. The van der Waals surface area contributed by atoms with Crippen LogP contribution in [0.2, 0.25) is 0 Å². The molecule has 1 saturated heterocycles. The van der Waals surface area contributed by atoms with Gasteiger partial charge < -0.3 is 19.5 Å². The second kappa shape index (κ2) is 7.49. The van der Waals surface area contributed by atoms with Crippen LogP contribution in [0.1, 0.15) is 5.82 Å². The van der Waals surface area contributed by atoms with Crippen LogP contribution in [0, 0.1) is 0 Å². The van der Waals surface area contributed by atoms with Gasteiger partial charge in [-0.2, -0.15) is 0 Å². The van der Waals surface area contributed by atoms with Crippen molar-refractivity contribution in [1.29, 1.82) is 0 Å². The van der Waals surface area contributed by atoms with E-state index < -0.39 is 0 Å². The number of fused-ring (bicyclic) bond motifs is 1. The maximum absolute atomic E-state index is 12.3. The number of nitrogens with one attached hydrogen (secondary N) is 1. The number of para-hydroxylation sites is 2. The van der Waals surface area contributed by atoms with E-state index in [1.807, 2.05) is 34.9 Å². The molecular weight excluding hydrogens is 332 g/mol. The van der Waals surface area contributed by atoms with E-state index in [9.17, 15) is 4.79 Å². The van der Waals surface area contributed by atoms with Gasteiger partial charge in [0.1, 0.15) is 18.2 Å². The standard InChI is InChI=1S/C18H20N6O2/c25-18(12-24-13-21-14-3-1-2-4-15(14)24)20-11-16-19-6-5-17(22-16)23-7-9-26-10-8-23/h1-6,13H,7-12H2,(H,20,25). The maximum Gasteiger partial charge on any atom is 0.240 e. The highest BCUT2D eigenvalue weighted by molar-refractivity contribution is 5.80. The number of carbonyl (C=O) groups is 1. The summed E-state index contributed by atoms with van der Waals surface area (Å²) in [7, 11) is 0. The predicted molar refractivity (Wildman–Crippen MR) is 96.6 cm³/mol. The molecule has 1 aliphatic rings. The van der Waals surface area contributed by atoms with E-state index >= 15 is 0 Å². The van der Waals surface area contributed by atoms with E-state index in [1.54, 1.807) is 12.5 Å². The number of rotatable bonds is 5. The average molecular weight is 352 g/mol. The van der Waals surface area contributed by atoms with Gasteiger partial charge in [-0.1, -0.05) is 12.1 Å². The predicted octanol–water partition coefficient (Wildman–Crippen LogP) is 0.979. The Morgan fingerprint density at radius 3 is 2.88 bits per heavy atom. The zero-order valence-electron chi connectivity index (χ0n) is 14.3. The first kappa shape index (κ1) is 16.5. The van der Waals surface area contributed by atoms with Gasteiger partial charge in [-0.3, -0.25) is 4.79 Å². The smallest absolute Gasteiger partial charge is 0.240 e. The minimum absolute atomic E-state index is 0.103. The molecule has 0 bridgehead atoms. The summed E-state index contributed by atoms with van der Waals surface area (Å²) in [6, 6.07) is 9.62. The van der Waals surface area contributed by atoms with Gasteiger partial charge in [0.15, 0.2) is 0 Å². The lowest BCUT2D eigenvalue weighted by atomic mass is 10.3. The van der Waals surface area contributed by atoms with Crippen molar-refractivity contribution < 1.29 is 9.53 Å². The highest BCUT2D eigenvalue weighted by Crippen LogP contribution is 2.12. The summed E-state index contributed by atoms with van der Waals surface area (Å²) >= 11 is 0. The first-order chi connectivity index (χ1) is 12.8. The van der Waals surface area contributed by atoms with Gasteiger partial charge in [0.05, 0.1) is 37.1 Å². The number of benzene rings is 1. The lowest BCUT2D eigenvalue weighted by Gasteiger charge is -2.27. The van der Waals surface area contributed by atoms with E-state index in [1.165, 1.54) is 0 Å². The molecule has 0 radical (unpaired) electrons. The Kier molecular flexibility index (Phi) is 4.74. The van der Waals surface area contributed by atoms with Crippen LogP contribution in [0.3, 0.4) is 0 Å². The molecule has 4 rings (SSSR count). The Balaban J connectivity index is 1.37. The molecule has 134 valence electrons. The van der Waals surface area contributed by atoms with Gasteiger partial charge in [0.2, 0.25) is 5.91 Å². The van der Waals surface area contributed by atoms with Crippen LogP contribution in [0.4, 0.5) is 5.82 Å². The van der Waals surface area contributed by atoms with Crippen LogP contribution >= 0.6 is 0 Å². The summed E-state index contributed by atoms with van der Waals surface area (Å²) in [5, 5.41) is 2.88. The molecule has 2 aromatic heterocycles. The summed E-state index contributed by atoms with van der Waals surface area (Å²) in [6.07, 6.45) is 3.41. The molecule has 8 heteroatoms. The van der Waals surface area contributed by atoms with Gasteiger partial charge in [0.25, 0.3) is 0 Å². The van der Waals surface area contributed by atoms with Crippen LogP contribution < -0.4 is 10.2 Å². The first-order valence-electron chi connectivity index (χ1n) is 8.61. The molecule has 0 saturated carbocycles. The fourth-order valence-electron chi connectivity index (χ4n) is 2.97. The van der Waals surface area contributed by atoms with Gasteiger partial charge in [-0.25, -0.2) is 15.0 Å². The number of nitrogens with zero attached hydrogens (tertiary/aromatic N) is 5. The van der Waals surface area contributed by atoms with Crippen LogP contribution in [-0.2, 0) is 22.6 Å². The largest absolute Gasteiger partial charge is 0.378 e. The molecule has 0 spiro atoms. The average Bonchev–Trinajstić information content (AvgIpc) is 3.10. The van der Waals surface area contributed by atoms with E-state index in [2.05, 4.69) is 25.2 Å². The zero-order chi connectivity index (χ0) is 17.8. The third-order valence-electron chi connectivity index (χ3n) is 4.31. The van der Waals surface area contributed by atoms with Crippen molar-refractivity contribution in [3.8, 4) is 0 Å². The third-order valence-corrected chi connectivity index (χ3v) is 4.31. The van der Waals surface area contributed by atoms with Crippen molar-refractivity contribution in [2.24, 2.45) is 0 Å². The molecule has 1 fully saturated rings. The number of morpholine rings is 1. The van der Waals surface area contributed by atoms with E-state index in [0.29, 0.717) is 25.6 Å². The molecule has 1 aromatic carbocycles. The Morgan fingerprint density at radius 1 is 1.15 bits per heavy atom. The van der Waals surface area contributed by atoms with E-state index in [0.717, 1.165) is 29.9 Å². The summed E-state index contributed by atoms with van der Waals surface area (Å²) in [6.45, 7) is 3.55. The second-order valence-electron chi connectivity index (χ2n) is 6.07. The molecular formula is C18H20N6O2. The van der Waals surface area contributed by atoms with Crippen molar-refractivity contribution in [3.63, 3.8) is 0 Å². The van der Waals surface area contributed by atoms with Crippen molar-refractivity contribution in [3.05, 3.63) is 48.7 Å². The van der Waals surface area contributed by atoms with Crippen molar-refractivity contribution >= 4 is 22.8 Å². The fraction of sp³-hybridized carbons (Fsp3) is 0.333. The van der Waals surface area contributed by atoms with Gasteiger partial charge >= 0.3 is 0 Å². The molecule has 26 heavy (non-hydrogen) atoms. The number of aromatic nitrogens is 4. The fourth-order valence-corrected chi connectivity index (χ4v) is 2.97. The number of hydrogen-bond acceptors (Lipinski definition) is 6. The third kappa shape index (κ3) is 3.65. The van der Waals surface area contributed by atoms with Crippen molar-refractivity contribution in [2.45, 2.75) is 13.1 Å². The molecule has 1 N–H and O–H groups in total. The van der Waals surface area contributed by atoms with Gasteiger partial charge in [-0.15, -0.1) is 0 Å². The summed E-state index contributed by atoms with van der Waals surface area (Å²) in [5.41, 5.74) is 1.81. The molecule has 8 nitrogen and oxygen atoms in total. The highest BCUT2D eigenvalue weighted by Gasteiger charge is 2.13. The molecule has 3 aromatic rings. The van der Waals surface area contributed by atoms with E-state index in [4.69, 9.17) is 4.74 Å².